The van der Waals surface area contributed by atoms with Crippen molar-refractivity contribution in [3.05, 3.63) is 0 Å². The number of ether oxygens (including phenoxy) is 8. The van der Waals surface area contributed by atoms with E-state index in [4.69, 9.17) is 37.9 Å². The molecule has 0 bridgehead atoms. The first kappa shape index (κ1) is 56.1. The van der Waals surface area contributed by atoms with Crippen molar-refractivity contribution in [2.45, 2.75) is 145 Å². The van der Waals surface area contributed by atoms with Crippen molar-refractivity contribution in [1.82, 2.24) is 39.2 Å². The summed E-state index contributed by atoms with van der Waals surface area (Å²) in [6.07, 6.45) is 19.5. The smallest absolute Gasteiger partial charge is 0.113 e. The van der Waals surface area contributed by atoms with E-state index in [1.165, 1.54) is 136 Å². The third-order valence-electron chi connectivity index (χ3n) is 20.2. The van der Waals surface area contributed by atoms with Gasteiger partial charge in [0.05, 0.1) is 51.8 Å². The number of rotatable bonds is 0. The molecule has 16 heteroatoms. The molecule has 16 fully saturated rings. The normalized spacial score (nSPS) is 43.7. The Balaban J connectivity index is 0.000000102. The van der Waals surface area contributed by atoms with Gasteiger partial charge in [-0.3, -0.25) is 14.7 Å². The molecule has 0 aromatic heterocycles. The van der Waals surface area contributed by atoms with E-state index >= 15 is 0 Å². The van der Waals surface area contributed by atoms with Gasteiger partial charge in [0.2, 0.25) is 0 Å². The van der Waals surface area contributed by atoms with E-state index in [1.807, 2.05) is 0 Å². The van der Waals surface area contributed by atoms with Crippen LogP contribution in [-0.4, -0.2) is 282 Å². The molecule has 16 atom stereocenters. The van der Waals surface area contributed by atoms with E-state index in [9.17, 15) is 0 Å². The molecule has 8 unspecified atom stereocenters. The molecule has 16 saturated heterocycles. The van der Waals surface area contributed by atoms with Crippen molar-refractivity contribution in [1.29, 1.82) is 0 Å². The summed E-state index contributed by atoms with van der Waals surface area (Å²) < 4.78 is 43.6. The zero-order valence-corrected chi connectivity index (χ0v) is 46.7. The molecule has 16 nitrogen and oxygen atoms in total. The van der Waals surface area contributed by atoms with Gasteiger partial charge in [0.25, 0.3) is 0 Å². The minimum absolute atomic E-state index is 0.477. The fourth-order valence-corrected chi connectivity index (χ4v) is 15.2. The molecule has 16 aliphatic heterocycles. The van der Waals surface area contributed by atoms with E-state index in [-0.39, 0.29) is 0 Å². The average Bonchev–Trinajstić information content (AvgIpc) is 4.17. The van der Waals surface area contributed by atoms with Crippen LogP contribution in [0, 0.1) is 35.5 Å². The molecule has 0 aromatic carbocycles. The number of nitrogens with zero attached hydrogens (tertiary/aromatic N) is 8. The van der Waals surface area contributed by atoms with Crippen LogP contribution in [0.4, 0.5) is 0 Å². The Bertz CT molecular complexity index is 1260. The maximum Gasteiger partial charge on any atom is 0.113 e. The maximum atomic E-state index is 5.52. The van der Waals surface area contributed by atoms with Crippen LogP contribution in [0.1, 0.15) is 83.5 Å². The molecule has 416 valence electrons. The molecule has 0 radical (unpaired) electrons. The lowest BCUT2D eigenvalue weighted by molar-refractivity contribution is 0.00703. The third-order valence-corrected chi connectivity index (χ3v) is 20.2. The SMILES string of the molecule is CN1CCC2CCOC21.CN1CCC2CCOC21.CN1CCC2COCC21.CN1CCC2COC[C@@H]21.CN1CCC2OCC[C@@H]21.CN1CC[C@H]2CCO[C@H]21.CN1CC[C@H]2COC[C@H]21.CN1CC[C@H]2OCC[C@H]21. The van der Waals surface area contributed by atoms with Crippen LogP contribution in [-0.2, 0) is 37.9 Å². The number of hydrogen-bond acceptors (Lipinski definition) is 16. The first-order valence-corrected chi connectivity index (χ1v) is 29.5. The van der Waals surface area contributed by atoms with Gasteiger partial charge in [-0.05, 0) is 159 Å². The van der Waals surface area contributed by atoms with Crippen LogP contribution in [0.5, 0.6) is 0 Å². The molecule has 16 aliphatic rings. The minimum Gasteiger partial charge on any atom is -0.379 e. The Morgan fingerprint density at radius 2 is 0.500 bits per heavy atom. The quantitative estimate of drug-likeness (QED) is 0.349. The lowest BCUT2D eigenvalue weighted by atomic mass is 10.1. The topological polar surface area (TPSA) is 99.8 Å². The zero-order chi connectivity index (χ0) is 50.1. The first-order valence-electron chi connectivity index (χ1n) is 29.5. The third kappa shape index (κ3) is 14.1. The van der Waals surface area contributed by atoms with Crippen molar-refractivity contribution >= 4 is 0 Å². The van der Waals surface area contributed by atoms with Crippen LogP contribution in [0.15, 0.2) is 0 Å². The fourth-order valence-electron chi connectivity index (χ4n) is 15.2. The highest BCUT2D eigenvalue weighted by Gasteiger charge is 2.41. The molecule has 0 saturated carbocycles. The number of likely N-dealkylation sites (N-methyl/N-ethyl adjacent to an activating group) is 5. The second kappa shape index (κ2) is 27.3. The summed E-state index contributed by atoms with van der Waals surface area (Å²) in [6.45, 7) is 20.9. The van der Waals surface area contributed by atoms with Gasteiger partial charge < -0.3 is 62.4 Å². The molecule has 0 aromatic rings. The van der Waals surface area contributed by atoms with Crippen molar-refractivity contribution in [3.8, 4) is 0 Å². The van der Waals surface area contributed by atoms with Gasteiger partial charge in [-0.25, -0.2) is 0 Å². The molecular formula is C56H104N8O8. The van der Waals surface area contributed by atoms with Gasteiger partial charge >= 0.3 is 0 Å². The highest BCUT2D eigenvalue weighted by molar-refractivity contribution is 4.93. The van der Waals surface area contributed by atoms with Gasteiger partial charge in [-0.15, -0.1) is 0 Å². The van der Waals surface area contributed by atoms with Crippen LogP contribution in [0.25, 0.3) is 0 Å². The lowest BCUT2D eigenvalue weighted by Gasteiger charge is -2.16. The maximum absolute atomic E-state index is 5.52. The van der Waals surface area contributed by atoms with Crippen molar-refractivity contribution in [2.24, 2.45) is 35.5 Å². The monoisotopic (exact) mass is 1020 g/mol. The van der Waals surface area contributed by atoms with E-state index in [0.29, 0.717) is 30.9 Å². The molecule has 0 spiro atoms. The molecule has 16 rings (SSSR count). The summed E-state index contributed by atoms with van der Waals surface area (Å²) in [5.41, 5.74) is 0. The van der Waals surface area contributed by atoms with E-state index in [2.05, 4.69) is 95.6 Å². The second-order valence-electron chi connectivity index (χ2n) is 24.7. The molecule has 0 N–H and O–H groups in total. The van der Waals surface area contributed by atoms with Crippen molar-refractivity contribution < 1.29 is 37.9 Å². The summed E-state index contributed by atoms with van der Waals surface area (Å²) in [5.74, 6) is 5.14. The molecule has 16 heterocycles. The van der Waals surface area contributed by atoms with E-state index in [0.717, 1.165) is 138 Å². The van der Waals surface area contributed by atoms with Gasteiger partial charge in [0.1, 0.15) is 18.7 Å². The molecule has 72 heavy (non-hydrogen) atoms. The highest BCUT2D eigenvalue weighted by atomic mass is 16.5. The summed E-state index contributed by atoms with van der Waals surface area (Å²) >= 11 is 0. The lowest BCUT2D eigenvalue weighted by Crippen LogP contribution is -2.28. The van der Waals surface area contributed by atoms with Crippen molar-refractivity contribution in [3.63, 3.8) is 0 Å². The van der Waals surface area contributed by atoms with Gasteiger partial charge in [0.15, 0.2) is 0 Å². The number of fused-ring (bicyclic) bond motifs is 8. The Kier molecular flexibility index (Phi) is 21.3. The van der Waals surface area contributed by atoms with E-state index in [1.54, 1.807) is 0 Å². The Morgan fingerprint density at radius 1 is 0.236 bits per heavy atom. The molecule has 0 amide bonds. The summed E-state index contributed by atoms with van der Waals surface area (Å²) in [5, 5.41) is 0. The Labute approximate surface area is 437 Å². The van der Waals surface area contributed by atoms with Crippen molar-refractivity contribution in [2.75, 3.05) is 181 Å². The predicted octanol–water partition coefficient (Wildman–Crippen LogP) is 4.02. The largest absolute Gasteiger partial charge is 0.379 e. The number of hydrogen-bond donors (Lipinski definition) is 0. The van der Waals surface area contributed by atoms with Crippen LogP contribution in [0.2, 0.25) is 0 Å². The summed E-state index contributed by atoms with van der Waals surface area (Å²) in [7, 11) is 17.4. The average molecular weight is 1020 g/mol. The van der Waals surface area contributed by atoms with Crippen LogP contribution >= 0.6 is 0 Å². The van der Waals surface area contributed by atoms with Gasteiger partial charge in [0, 0.05) is 131 Å². The fraction of sp³-hybridized carbons (Fsp3) is 1.00. The van der Waals surface area contributed by atoms with Crippen LogP contribution < -0.4 is 0 Å². The van der Waals surface area contributed by atoms with Gasteiger partial charge in [-0.1, -0.05) is 0 Å². The Morgan fingerprint density at radius 3 is 0.792 bits per heavy atom. The summed E-state index contributed by atoms with van der Waals surface area (Å²) in [6, 6.07) is 3.77. The molecular weight excluding hydrogens is 913 g/mol. The minimum atomic E-state index is 0.477. The molecule has 0 aliphatic carbocycles. The highest BCUT2D eigenvalue weighted by Crippen LogP contribution is 2.35. The first-order chi connectivity index (χ1) is 35.0. The van der Waals surface area contributed by atoms with Crippen LogP contribution in [0.3, 0.4) is 0 Å². The van der Waals surface area contributed by atoms with E-state index < -0.39 is 0 Å². The summed E-state index contributed by atoms with van der Waals surface area (Å²) in [4.78, 5) is 19.0. The van der Waals surface area contributed by atoms with Gasteiger partial charge in [-0.2, -0.15) is 0 Å². The predicted molar refractivity (Wildman–Crippen MR) is 282 cm³/mol. The standard InChI is InChI=1S/8C7H13NO/c2*1-8-4-2-7-6(8)3-5-9-7;3*1-8-4-2-6-3-5-9-7(6)8;3*1-8-3-2-6-4-9-5-7(6)8/h8*6-7H,2-5H2,1H3/t6-,7?;6-,7-;6-,7+;;;6?,7-;6-,7+;/m010..00./s1. The second-order valence-corrected chi connectivity index (χ2v) is 24.7. The number of likely N-dealkylation sites (tertiary alicyclic amines) is 8. The zero-order valence-electron chi connectivity index (χ0n) is 46.7. The Hall–Kier alpha value is -0.640.